The molecule has 0 saturated carbocycles. The number of methoxy groups -OCH3 is 1. The molecule has 1 amide bonds. The topological polar surface area (TPSA) is 46.6 Å². The van der Waals surface area contributed by atoms with Crippen LogP contribution in [0.25, 0.3) is 0 Å². The SMILES string of the molecule is COc1ccc2c(c1)N(Cc1ccccc1Cl)C(=O)C2=O. The number of hydrogen-bond donors (Lipinski definition) is 0. The van der Waals surface area contributed by atoms with Crippen LogP contribution in [0.4, 0.5) is 5.69 Å². The molecule has 21 heavy (non-hydrogen) atoms. The number of fused-ring (bicyclic) bond motifs is 1. The van der Waals surface area contributed by atoms with Crippen LogP contribution in [0.2, 0.25) is 5.02 Å². The molecule has 0 bridgehead atoms. The maximum Gasteiger partial charge on any atom is 0.299 e. The van der Waals surface area contributed by atoms with Crippen LogP contribution in [-0.2, 0) is 11.3 Å². The van der Waals surface area contributed by atoms with Gasteiger partial charge < -0.3 is 9.64 Å². The molecule has 3 rings (SSSR count). The molecule has 0 spiro atoms. The van der Waals surface area contributed by atoms with Crippen molar-refractivity contribution < 1.29 is 14.3 Å². The summed E-state index contributed by atoms with van der Waals surface area (Å²) in [6.45, 7) is 0.254. The van der Waals surface area contributed by atoms with Crippen molar-refractivity contribution >= 4 is 29.0 Å². The summed E-state index contributed by atoms with van der Waals surface area (Å²) < 4.78 is 5.16. The molecule has 0 unspecified atom stereocenters. The van der Waals surface area contributed by atoms with Crippen LogP contribution in [0.15, 0.2) is 42.5 Å². The number of rotatable bonds is 3. The molecule has 0 aromatic heterocycles. The van der Waals surface area contributed by atoms with Gasteiger partial charge in [0.2, 0.25) is 0 Å². The van der Waals surface area contributed by atoms with Gasteiger partial charge >= 0.3 is 0 Å². The Hall–Kier alpha value is -2.33. The third-order valence-corrected chi connectivity index (χ3v) is 3.83. The lowest BCUT2D eigenvalue weighted by atomic mass is 10.1. The summed E-state index contributed by atoms with van der Waals surface area (Å²) in [5.41, 5.74) is 1.74. The third kappa shape index (κ3) is 2.28. The van der Waals surface area contributed by atoms with Gasteiger partial charge in [0.05, 0.1) is 24.9 Å². The Kier molecular flexibility index (Phi) is 3.39. The molecule has 0 atom stereocenters. The second-order valence-electron chi connectivity index (χ2n) is 4.69. The van der Waals surface area contributed by atoms with Gasteiger partial charge in [-0.25, -0.2) is 0 Å². The van der Waals surface area contributed by atoms with E-state index >= 15 is 0 Å². The predicted molar refractivity (Wildman–Crippen MR) is 80.0 cm³/mol. The van der Waals surface area contributed by atoms with Gasteiger partial charge in [-0.2, -0.15) is 0 Å². The van der Waals surface area contributed by atoms with Crippen LogP contribution in [0.1, 0.15) is 15.9 Å². The van der Waals surface area contributed by atoms with Gasteiger partial charge in [-0.05, 0) is 23.8 Å². The van der Waals surface area contributed by atoms with Crippen molar-refractivity contribution in [1.82, 2.24) is 0 Å². The molecule has 1 aliphatic heterocycles. The van der Waals surface area contributed by atoms with Crippen molar-refractivity contribution in [2.75, 3.05) is 12.0 Å². The zero-order valence-corrected chi connectivity index (χ0v) is 12.1. The summed E-state index contributed by atoms with van der Waals surface area (Å²) in [7, 11) is 1.54. The highest BCUT2D eigenvalue weighted by atomic mass is 35.5. The Labute approximate surface area is 126 Å². The van der Waals surface area contributed by atoms with Crippen molar-refractivity contribution in [1.29, 1.82) is 0 Å². The number of benzene rings is 2. The largest absolute Gasteiger partial charge is 0.497 e. The lowest BCUT2D eigenvalue weighted by Gasteiger charge is -2.17. The smallest absolute Gasteiger partial charge is 0.299 e. The minimum absolute atomic E-state index is 0.254. The molecule has 0 fully saturated rings. The van der Waals surface area contributed by atoms with Crippen molar-refractivity contribution in [3.63, 3.8) is 0 Å². The van der Waals surface area contributed by atoms with E-state index in [1.54, 1.807) is 31.4 Å². The van der Waals surface area contributed by atoms with Crippen molar-refractivity contribution in [2.45, 2.75) is 6.54 Å². The molecule has 106 valence electrons. The predicted octanol–water partition coefficient (Wildman–Crippen LogP) is 3.08. The second-order valence-corrected chi connectivity index (χ2v) is 5.10. The van der Waals surface area contributed by atoms with Crippen LogP contribution < -0.4 is 9.64 Å². The standard InChI is InChI=1S/C16H12ClNO3/c1-21-11-6-7-12-14(8-11)18(16(20)15(12)19)9-10-4-2-3-5-13(10)17/h2-8H,9H2,1H3. The summed E-state index contributed by atoms with van der Waals surface area (Å²) in [5.74, 6) is -0.446. The minimum atomic E-state index is -0.543. The third-order valence-electron chi connectivity index (χ3n) is 3.47. The molecule has 0 radical (unpaired) electrons. The molecular weight excluding hydrogens is 290 g/mol. The molecule has 2 aromatic rings. The van der Waals surface area contributed by atoms with Gasteiger partial charge in [-0.3, -0.25) is 9.59 Å². The van der Waals surface area contributed by atoms with Crippen LogP contribution in [0.5, 0.6) is 5.75 Å². The van der Waals surface area contributed by atoms with E-state index in [0.29, 0.717) is 22.0 Å². The second kappa shape index (κ2) is 5.22. The Balaban J connectivity index is 2.02. The summed E-state index contributed by atoms with van der Waals surface area (Å²) in [4.78, 5) is 25.6. The number of anilines is 1. The normalized spacial score (nSPS) is 13.5. The van der Waals surface area contributed by atoms with E-state index in [-0.39, 0.29) is 6.54 Å². The Morgan fingerprint density at radius 2 is 1.90 bits per heavy atom. The maximum atomic E-state index is 12.2. The number of hydrogen-bond acceptors (Lipinski definition) is 3. The fraction of sp³-hybridized carbons (Fsp3) is 0.125. The number of nitrogens with zero attached hydrogens (tertiary/aromatic N) is 1. The number of ketones is 1. The van der Waals surface area contributed by atoms with Crippen LogP contribution in [0, 0.1) is 0 Å². The van der Waals surface area contributed by atoms with Crippen LogP contribution in [-0.4, -0.2) is 18.8 Å². The van der Waals surface area contributed by atoms with E-state index in [1.807, 2.05) is 18.2 Å². The highest BCUT2D eigenvalue weighted by molar-refractivity contribution is 6.52. The first kappa shape index (κ1) is 13.6. The van der Waals surface area contributed by atoms with Gasteiger partial charge in [0.15, 0.2) is 0 Å². The lowest BCUT2D eigenvalue weighted by molar-refractivity contribution is -0.114. The monoisotopic (exact) mass is 301 g/mol. The summed E-state index contributed by atoms with van der Waals surface area (Å²) in [6.07, 6.45) is 0. The van der Waals surface area contributed by atoms with E-state index in [9.17, 15) is 9.59 Å². The molecule has 5 heteroatoms. The molecule has 0 saturated heterocycles. The number of amides is 1. The van der Waals surface area contributed by atoms with Gasteiger partial charge in [0.25, 0.3) is 11.7 Å². The molecule has 0 N–H and O–H groups in total. The van der Waals surface area contributed by atoms with E-state index in [4.69, 9.17) is 16.3 Å². The Morgan fingerprint density at radius 3 is 2.62 bits per heavy atom. The van der Waals surface area contributed by atoms with Gasteiger partial charge in [0, 0.05) is 11.1 Å². The van der Waals surface area contributed by atoms with E-state index in [2.05, 4.69) is 0 Å². The first-order chi connectivity index (χ1) is 10.1. The molecule has 1 heterocycles. The number of halogens is 1. The minimum Gasteiger partial charge on any atom is -0.497 e. The zero-order valence-electron chi connectivity index (χ0n) is 11.3. The Morgan fingerprint density at radius 1 is 1.14 bits per heavy atom. The number of Topliss-reactive ketones (excluding diaryl/α,β-unsaturated/α-hetero) is 1. The fourth-order valence-corrected chi connectivity index (χ4v) is 2.55. The molecular formula is C16H12ClNO3. The molecule has 2 aromatic carbocycles. The number of ether oxygens (including phenoxy) is 1. The summed E-state index contributed by atoms with van der Waals surface area (Å²) >= 11 is 6.12. The fourth-order valence-electron chi connectivity index (χ4n) is 2.35. The molecule has 1 aliphatic rings. The van der Waals surface area contributed by atoms with Crippen LogP contribution in [0.3, 0.4) is 0 Å². The summed E-state index contributed by atoms with van der Waals surface area (Å²) in [5, 5.41) is 0.564. The van der Waals surface area contributed by atoms with Gasteiger partial charge in [-0.15, -0.1) is 0 Å². The maximum absolute atomic E-state index is 12.2. The highest BCUT2D eigenvalue weighted by Crippen LogP contribution is 2.34. The van der Waals surface area contributed by atoms with Gasteiger partial charge in [-0.1, -0.05) is 29.8 Å². The molecule has 4 nitrogen and oxygen atoms in total. The van der Waals surface area contributed by atoms with E-state index in [0.717, 1.165) is 5.56 Å². The average Bonchev–Trinajstić information content (AvgIpc) is 2.74. The van der Waals surface area contributed by atoms with E-state index < -0.39 is 11.7 Å². The number of carbonyl (C=O) groups is 2. The molecule has 0 aliphatic carbocycles. The van der Waals surface area contributed by atoms with Crippen molar-refractivity contribution in [3.05, 3.63) is 58.6 Å². The van der Waals surface area contributed by atoms with Crippen molar-refractivity contribution in [2.24, 2.45) is 0 Å². The first-order valence-electron chi connectivity index (χ1n) is 6.39. The Bertz CT molecular complexity index is 742. The lowest BCUT2D eigenvalue weighted by Crippen LogP contribution is -2.29. The van der Waals surface area contributed by atoms with Gasteiger partial charge in [0.1, 0.15) is 5.75 Å². The van der Waals surface area contributed by atoms with Crippen LogP contribution >= 0.6 is 11.6 Å². The van der Waals surface area contributed by atoms with Crippen molar-refractivity contribution in [3.8, 4) is 5.75 Å². The van der Waals surface area contributed by atoms with E-state index in [1.165, 1.54) is 4.90 Å². The zero-order chi connectivity index (χ0) is 15.0. The summed E-state index contributed by atoms with van der Waals surface area (Å²) in [6, 6.07) is 12.2. The number of carbonyl (C=O) groups excluding carboxylic acids is 2. The highest BCUT2D eigenvalue weighted by Gasteiger charge is 2.36. The first-order valence-corrected chi connectivity index (χ1v) is 6.77. The average molecular weight is 302 g/mol. The quantitative estimate of drug-likeness (QED) is 0.819.